The number of halogens is 1. The maximum absolute atomic E-state index is 13.7. The van der Waals surface area contributed by atoms with Gasteiger partial charge in [-0.25, -0.2) is 12.8 Å². The van der Waals surface area contributed by atoms with E-state index < -0.39 is 15.8 Å². The molecule has 0 saturated heterocycles. The highest BCUT2D eigenvalue weighted by molar-refractivity contribution is 7.92. The third-order valence-electron chi connectivity index (χ3n) is 4.12. The van der Waals surface area contributed by atoms with Gasteiger partial charge in [-0.1, -0.05) is 18.6 Å². The number of hydrogen-bond acceptors (Lipinski definition) is 5. The number of ether oxygens (including phenoxy) is 1. The number of sulfonamides is 1. The number of para-hydroxylation sites is 1. The summed E-state index contributed by atoms with van der Waals surface area (Å²) in [5.74, 6) is -1.27. The molecule has 0 unspecified atom stereocenters. The van der Waals surface area contributed by atoms with Crippen molar-refractivity contribution in [1.29, 1.82) is 0 Å². The number of carbonyl (C=O) groups is 2. The minimum Gasteiger partial charge on any atom is -0.469 e. The van der Waals surface area contributed by atoms with E-state index >= 15 is 0 Å². The van der Waals surface area contributed by atoms with Crippen LogP contribution in [0.1, 0.15) is 36.0 Å². The van der Waals surface area contributed by atoms with E-state index in [1.165, 1.54) is 49.6 Å². The Hall–Kier alpha value is -2.94. The first-order valence-electron chi connectivity index (χ1n) is 9.06. The van der Waals surface area contributed by atoms with Gasteiger partial charge in [0.05, 0.1) is 17.7 Å². The fourth-order valence-electron chi connectivity index (χ4n) is 2.51. The van der Waals surface area contributed by atoms with Crippen molar-refractivity contribution in [3.63, 3.8) is 0 Å². The first kappa shape index (κ1) is 22.4. The summed E-state index contributed by atoms with van der Waals surface area (Å²) >= 11 is 0. The molecule has 0 aliphatic rings. The quantitative estimate of drug-likeness (QED) is 0.453. The molecule has 0 aliphatic carbocycles. The topological polar surface area (TPSA) is 102 Å². The molecule has 0 bridgehead atoms. The molecule has 0 radical (unpaired) electrons. The number of carbonyl (C=O) groups excluding carboxylic acids is 2. The molecule has 2 aromatic carbocycles. The molecule has 29 heavy (non-hydrogen) atoms. The SMILES string of the molecule is COC(=O)CCCCCNC(=O)c1ccc(S(=O)(=O)Nc2ccccc2F)cc1. The van der Waals surface area contributed by atoms with E-state index in [0.717, 1.165) is 12.5 Å². The van der Waals surface area contributed by atoms with E-state index in [4.69, 9.17) is 0 Å². The zero-order valence-electron chi connectivity index (χ0n) is 16.0. The number of hydrogen-bond donors (Lipinski definition) is 2. The zero-order valence-corrected chi connectivity index (χ0v) is 16.8. The molecule has 156 valence electrons. The van der Waals surface area contributed by atoms with Gasteiger partial charge in [-0.2, -0.15) is 0 Å². The van der Waals surface area contributed by atoms with Crippen molar-refractivity contribution in [2.75, 3.05) is 18.4 Å². The number of benzene rings is 2. The summed E-state index contributed by atoms with van der Waals surface area (Å²) in [5, 5.41) is 2.74. The van der Waals surface area contributed by atoms with Crippen LogP contribution in [0.2, 0.25) is 0 Å². The standard InChI is InChI=1S/C20H23FN2O5S/c1-28-19(24)9-3-2-6-14-22-20(25)15-10-12-16(13-11-15)29(26,27)23-18-8-5-4-7-17(18)21/h4-5,7-8,10-13,23H,2-3,6,9,14H2,1H3,(H,22,25). The molecular formula is C20H23FN2O5S. The molecular weight excluding hydrogens is 399 g/mol. The molecule has 2 N–H and O–H groups in total. The van der Waals surface area contributed by atoms with Gasteiger partial charge in [0.1, 0.15) is 5.82 Å². The molecule has 0 aliphatic heterocycles. The molecule has 1 amide bonds. The van der Waals surface area contributed by atoms with Crippen LogP contribution in [0.3, 0.4) is 0 Å². The Bertz CT molecular complexity index is 946. The number of unbranched alkanes of at least 4 members (excludes halogenated alkanes) is 2. The number of nitrogens with one attached hydrogen (secondary N) is 2. The highest BCUT2D eigenvalue weighted by atomic mass is 32.2. The minimum absolute atomic E-state index is 0.0832. The van der Waals surface area contributed by atoms with Gasteiger partial charge in [-0.05, 0) is 49.2 Å². The Morgan fingerprint density at radius 3 is 2.34 bits per heavy atom. The first-order chi connectivity index (χ1) is 13.8. The smallest absolute Gasteiger partial charge is 0.305 e. The van der Waals surface area contributed by atoms with Gasteiger partial charge in [-0.15, -0.1) is 0 Å². The Morgan fingerprint density at radius 2 is 1.69 bits per heavy atom. The average molecular weight is 422 g/mol. The number of methoxy groups -OCH3 is 1. The lowest BCUT2D eigenvalue weighted by Crippen LogP contribution is -2.24. The number of anilines is 1. The van der Waals surface area contributed by atoms with E-state index in [-0.39, 0.29) is 22.5 Å². The lowest BCUT2D eigenvalue weighted by atomic mass is 10.2. The lowest BCUT2D eigenvalue weighted by molar-refractivity contribution is -0.140. The van der Waals surface area contributed by atoms with Gasteiger partial charge in [0, 0.05) is 18.5 Å². The Kier molecular flexibility index (Phi) is 8.14. The largest absolute Gasteiger partial charge is 0.469 e. The summed E-state index contributed by atoms with van der Waals surface area (Å²) in [4.78, 5) is 23.0. The molecule has 2 rings (SSSR count). The third-order valence-corrected chi connectivity index (χ3v) is 5.50. The van der Waals surface area contributed by atoms with Crippen molar-refractivity contribution in [3.05, 3.63) is 59.9 Å². The van der Waals surface area contributed by atoms with Gasteiger partial charge in [0.25, 0.3) is 15.9 Å². The van der Waals surface area contributed by atoms with Gasteiger partial charge >= 0.3 is 5.97 Å². The Morgan fingerprint density at radius 1 is 1.00 bits per heavy atom. The van der Waals surface area contributed by atoms with E-state index in [2.05, 4.69) is 14.8 Å². The monoisotopic (exact) mass is 422 g/mol. The predicted molar refractivity (Wildman–Crippen MR) is 106 cm³/mol. The van der Waals surface area contributed by atoms with Crippen LogP contribution in [0.4, 0.5) is 10.1 Å². The van der Waals surface area contributed by atoms with Crippen molar-refractivity contribution in [3.8, 4) is 0 Å². The van der Waals surface area contributed by atoms with Crippen LogP contribution < -0.4 is 10.0 Å². The number of amides is 1. The molecule has 0 spiro atoms. The van der Waals surface area contributed by atoms with E-state index in [1.54, 1.807) is 0 Å². The molecule has 0 aromatic heterocycles. The van der Waals surface area contributed by atoms with E-state index in [9.17, 15) is 22.4 Å². The van der Waals surface area contributed by atoms with Crippen LogP contribution >= 0.6 is 0 Å². The summed E-state index contributed by atoms with van der Waals surface area (Å²) in [6, 6.07) is 10.8. The molecule has 9 heteroatoms. The second kappa shape index (κ2) is 10.6. The second-order valence-electron chi connectivity index (χ2n) is 6.25. The molecule has 2 aromatic rings. The molecule has 0 saturated carbocycles. The Balaban J connectivity index is 1.86. The Labute approximate surface area is 169 Å². The van der Waals surface area contributed by atoms with Gasteiger partial charge < -0.3 is 10.1 Å². The highest BCUT2D eigenvalue weighted by Gasteiger charge is 2.16. The lowest BCUT2D eigenvalue weighted by Gasteiger charge is -2.10. The summed E-state index contributed by atoms with van der Waals surface area (Å²) in [6.45, 7) is 0.439. The van der Waals surface area contributed by atoms with Crippen LogP contribution in [0, 0.1) is 5.82 Å². The fraction of sp³-hybridized carbons (Fsp3) is 0.300. The third kappa shape index (κ3) is 6.86. The summed E-state index contributed by atoms with van der Waals surface area (Å²) in [6.07, 6.45) is 2.52. The number of esters is 1. The highest BCUT2D eigenvalue weighted by Crippen LogP contribution is 2.19. The summed E-state index contributed by atoms with van der Waals surface area (Å²) < 4.78 is 45.1. The predicted octanol–water partition coefficient (Wildman–Crippen LogP) is 3.09. The van der Waals surface area contributed by atoms with Crippen molar-refractivity contribution >= 4 is 27.6 Å². The molecule has 0 heterocycles. The van der Waals surface area contributed by atoms with Crippen LogP contribution in [-0.4, -0.2) is 33.9 Å². The van der Waals surface area contributed by atoms with Gasteiger partial charge in [-0.3, -0.25) is 14.3 Å². The molecule has 0 fully saturated rings. The van der Waals surface area contributed by atoms with E-state index in [1.807, 2.05) is 0 Å². The normalized spacial score (nSPS) is 11.0. The van der Waals surface area contributed by atoms with Crippen molar-refractivity contribution in [2.24, 2.45) is 0 Å². The summed E-state index contributed by atoms with van der Waals surface area (Å²) in [7, 11) is -2.63. The fourth-order valence-corrected chi connectivity index (χ4v) is 3.58. The van der Waals surface area contributed by atoms with E-state index in [0.29, 0.717) is 31.4 Å². The molecule has 0 atom stereocenters. The van der Waals surface area contributed by atoms with Crippen LogP contribution in [0.25, 0.3) is 0 Å². The maximum Gasteiger partial charge on any atom is 0.305 e. The van der Waals surface area contributed by atoms with Crippen molar-refractivity contribution in [2.45, 2.75) is 30.6 Å². The zero-order chi connectivity index (χ0) is 21.3. The van der Waals surface area contributed by atoms with Gasteiger partial charge in [0.15, 0.2) is 0 Å². The molecule has 7 nitrogen and oxygen atoms in total. The average Bonchev–Trinajstić information content (AvgIpc) is 2.71. The summed E-state index contributed by atoms with van der Waals surface area (Å²) in [5.41, 5.74) is 0.158. The first-order valence-corrected chi connectivity index (χ1v) is 10.5. The van der Waals surface area contributed by atoms with Gasteiger partial charge in [0.2, 0.25) is 0 Å². The second-order valence-corrected chi connectivity index (χ2v) is 7.93. The minimum atomic E-state index is -3.97. The van der Waals surface area contributed by atoms with Crippen molar-refractivity contribution in [1.82, 2.24) is 5.32 Å². The van der Waals surface area contributed by atoms with Crippen LogP contribution in [0.15, 0.2) is 53.4 Å². The van der Waals surface area contributed by atoms with Crippen LogP contribution in [-0.2, 0) is 19.6 Å². The van der Waals surface area contributed by atoms with Crippen LogP contribution in [0.5, 0.6) is 0 Å². The maximum atomic E-state index is 13.7. The number of rotatable bonds is 10. The van der Waals surface area contributed by atoms with Crippen molar-refractivity contribution < 1.29 is 27.1 Å².